The number of carbonyl (C=O) groups excluding carboxylic acids is 1. The van der Waals surface area contributed by atoms with E-state index in [4.69, 9.17) is 0 Å². The van der Waals surface area contributed by atoms with Crippen molar-refractivity contribution in [1.82, 2.24) is 14.5 Å². The van der Waals surface area contributed by atoms with Crippen molar-refractivity contribution < 1.29 is 13.2 Å². The predicted octanol–water partition coefficient (Wildman–Crippen LogP) is 1.83. The van der Waals surface area contributed by atoms with Crippen LogP contribution in [0.5, 0.6) is 0 Å². The SMILES string of the molecule is C[C@@H]1CCCC[C@H]1NC(=O)CN1CCN(S(=O)(=O)Cc2ccccc2)CC1. The first-order valence-electron chi connectivity index (χ1n) is 9.97. The van der Waals surface area contributed by atoms with Gasteiger partial charge in [0.15, 0.2) is 0 Å². The molecule has 1 aromatic rings. The number of amides is 1. The maximum atomic E-state index is 12.6. The molecule has 7 heteroatoms. The zero-order valence-electron chi connectivity index (χ0n) is 16.1. The lowest BCUT2D eigenvalue weighted by atomic mass is 9.86. The Labute approximate surface area is 163 Å². The maximum absolute atomic E-state index is 12.6. The fraction of sp³-hybridized carbons (Fsp3) is 0.650. The van der Waals surface area contributed by atoms with E-state index in [1.165, 1.54) is 19.3 Å². The number of hydrogen-bond acceptors (Lipinski definition) is 4. The van der Waals surface area contributed by atoms with Gasteiger partial charge in [0.25, 0.3) is 0 Å². The summed E-state index contributed by atoms with van der Waals surface area (Å²) in [5.41, 5.74) is 0.806. The van der Waals surface area contributed by atoms with Crippen LogP contribution in [0.3, 0.4) is 0 Å². The van der Waals surface area contributed by atoms with Gasteiger partial charge in [-0.3, -0.25) is 9.69 Å². The van der Waals surface area contributed by atoms with Crippen LogP contribution in [0.4, 0.5) is 0 Å². The third kappa shape index (κ3) is 5.77. The molecule has 1 N–H and O–H groups in total. The summed E-state index contributed by atoms with van der Waals surface area (Å²) in [6, 6.07) is 9.56. The van der Waals surface area contributed by atoms with E-state index in [-0.39, 0.29) is 11.7 Å². The lowest BCUT2D eigenvalue weighted by molar-refractivity contribution is -0.123. The second-order valence-electron chi connectivity index (χ2n) is 7.85. The van der Waals surface area contributed by atoms with Gasteiger partial charge in [-0.15, -0.1) is 0 Å². The molecule has 2 aliphatic rings. The van der Waals surface area contributed by atoms with E-state index in [2.05, 4.69) is 17.1 Å². The summed E-state index contributed by atoms with van der Waals surface area (Å²) in [6.45, 7) is 4.66. The molecule has 1 aliphatic carbocycles. The quantitative estimate of drug-likeness (QED) is 0.801. The van der Waals surface area contributed by atoms with Crippen molar-refractivity contribution in [3.63, 3.8) is 0 Å². The normalized spacial score (nSPS) is 25.2. The summed E-state index contributed by atoms with van der Waals surface area (Å²) in [5.74, 6) is 0.644. The molecule has 0 aromatic heterocycles. The number of carbonyl (C=O) groups is 1. The van der Waals surface area contributed by atoms with Gasteiger partial charge in [-0.05, 0) is 24.3 Å². The van der Waals surface area contributed by atoms with Gasteiger partial charge in [0, 0.05) is 32.2 Å². The number of sulfonamides is 1. The molecule has 0 bridgehead atoms. The van der Waals surface area contributed by atoms with Gasteiger partial charge in [0.1, 0.15) is 0 Å². The molecule has 1 saturated heterocycles. The average Bonchev–Trinajstić information content (AvgIpc) is 2.64. The highest BCUT2D eigenvalue weighted by Gasteiger charge is 2.29. The molecule has 1 aromatic carbocycles. The summed E-state index contributed by atoms with van der Waals surface area (Å²) < 4.78 is 26.8. The Kier molecular flexibility index (Phi) is 6.89. The van der Waals surface area contributed by atoms with Crippen LogP contribution in [-0.2, 0) is 20.6 Å². The fourth-order valence-corrected chi connectivity index (χ4v) is 5.54. The molecule has 2 fully saturated rings. The van der Waals surface area contributed by atoms with Crippen molar-refractivity contribution in [3.8, 4) is 0 Å². The van der Waals surface area contributed by atoms with Crippen LogP contribution < -0.4 is 5.32 Å². The first kappa shape index (κ1) is 20.3. The van der Waals surface area contributed by atoms with E-state index in [1.807, 2.05) is 30.3 Å². The molecular weight excluding hydrogens is 362 g/mol. The third-order valence-corrected chi connectivity index (χ3v) is 7.59. The van der Waals surface area contributed by atoms with Crippen molar-refractivity contribution in [2.24, 2.45) is 5.92 Å². The van der Waals surface area contributed by atoms with Crippen molar-refractivity contribution >= 4 is 15.9 Å². The van der Waals surface area contributed by atoms with Gasteiger partial charge in [-0.2, -0.15) is 4.31 Å². The topological polar surface area (TPSA) is 69.7 Å². The number of nitrogens with one attached hydrogen (secondary N) is 1. The molecule has 0 spiro atoms. The van der Waals surface area contributed by atoms with Gasteiger partial charge >= 0.3 is 0 Å². The van der Waals surface area contributed by atoms with Gasteiger partial charge in [-0.25, -0.2) is 8.42 Å². The molecule has 150 valence electrons. The smallest absolute Gasteiger partial charge is 0.234 e. The maximum Gasteiger partial charge on any atom is 0.234 e. The fourth-order valence-electron chi connectivity index (χ4n) is 4.03. The molecule has 1 amide bonds. The number of piperazine rings is 1. The molecule has 0 unspecified atom stereocenters. The summed E-state index contributed by atoms with van der Waals surface area (Å²) in [7, 11) is -3.31. The van der Waals surface area contributed by atoms with Gasteiger partial charge in [0.2, 0.25) is 15.9 Å². The van der Waals surface area contributed by atoms with Crippen LogP contribution in [0.15, 0.2) is 30.3 Å². The Morgan fingerprint density at radius 1 is 1.07 bits per heavy atom. The summed E-state index contributed by atoms with van der Waals surface area (Å²) in [4.78, 5) is 14.4. The Balaban J connectivity index is 1.45. The van der Waals surface area contributed by atoms with E-state index in [0.29, 0.717) is 44.7 Å². The zero-order chi connectivity index (χ0) is 19.3. The monoisotopic (exact) mass is 393 g/mol. The van der Waals surface area contributed by atoms with Crippen molar-refractivity contribution in [2.45, 2.75) is 44.4 Å². The molecule has 1 saturated carbocycles. The Hall–Kier alpha value is -1.44. The number of nitrogens with zero attached hydrogens (tertiary/aromatic N) is 2. The standard InChI is InChI=1S/C20H31N3O3S/c1-17-7-5-6-10-19(17)21-20(24)15-22-11-13-23(14-12-22)27(25,26)16-18-8-3-2-4-9-18/h2-4,8-9,17,19H,5-7,10-16H2,1H3,(H,21,24)/t17-,19-/m1/s1. The largest absolute Gasteiger partial charge is 0.352 e. The van der Waals surface area contributed by atoms with Gasteiger partial charge in [0.05, 0.1) is 12.3 Å². The van der Waals surface area contributed by atoms with Crippen LogP contribution in [0, 0.1) is 5.92 Å². The van der Waals surface area contributed by atoms with E-state index in [0.717, 1.165) is 12.0 Å². The number of benzene rings is 1. The van der Waals surface area contributed by atoms with Crippen LogP contribution in [0.25, 0.3) is 0 Å². The van der Waals surface area contributed by atoms with Crippen molar-refractivity contribution in [2.75, 3.05) is 32.7 Å². The second kappa shape index (κ2) is 9.17. The third-order valence-electron chi connectivity index (χ3n) is 5.74. The number of hydrogen-bond donors (Lipinski definition) is 1. The molecular formula is C20H31N3O3S. The molecule has 2 atom stereocenters. The van der Waals surface area contributed by atoms with Crippen LogP contribution >= 0.6 is 0 Å². The summed E-state index contributed by atoms with van der Waals surface area (Å²) >= 11 is 0. The Bertz CT molecular complexity index is 715. The summed E-state index contributed by atoms with van der Waals surface area (Å²) in [6.07, 6.45) is 4.70. The minimum Gasteiger partial charge on any atom is -0.352 e. The second-order valence-corrected chi connectivity index (χ2v) is 9.82. The lowest BCUT2D eigenvalue weighted by Gasteiger charge is -2.34. The first-order valence-corrected chi connectivity index (χ1v) is 11.6. The minimum absolute atomic E-state index is 0.0356. The highest BCUT2D eigenvalue weighted by atomic mass is 32.2. The van der Waals surface area contributed by atoms with E-state index in [1.54, 1.807) is 4.31 Å². The van der Waals surface area contributed by atoms with Crippen molar-refractivity contribution in [3.05, 3.63) is 35.9 Å². The summed E-state index contributed by atoms with van der Waals surface area (Å²) in [5, 5.41) is 3.18. The molecule has 0 radical (unpaired) electrons. The van der Waals surface area contributed by atoms with Gasteiger partial charge < -0.3 is 5.32 Å². The molecule has 6 nitrogen and oxygen atoms in total. The van der Waals surface area contributed by atoms with E-state index >= 15 is 0 Å². The Morgan fingerprint density at radius 2 is 1.74 bits per heavy atom. The van der Waals surface area contributed by atoms with Crippen molar-refractivity contribution in [1.29, 1.82) is 0 Å². The highest BCUT2D eigenvalue weighted by molar-refractivity contribution is 7.88. The molecule has 27 heavy (non-hydrogen) atoms. The predicted molar refractivity (Wildman–Crippen MR) is 107 cm³/mol. The van der Waals surface area contributed by atoms with E-state index < -0.39 is 10.0 Å². The molecule has 1 aliphatic heterocycles. The van der Waals surface area contributed by atoms with Crippen LogP contribution in [-0.4, -0.2) is 62.3 Å². The molecule has 3 rings (SSSR count). The lowest BCUT2D eigenvalue weighted by Crippen LogP contribution is -2.52. The highest BCUT2D eigenvalue weighted by Crippen LogP contribution is 2.23. The Morgan fingerprint density at radius 3 is 2.41 bits per heavy atom. The van der Waals surface area contributed by atoms with Gasteiger partial charge in [-0.1, -0.05) is 50.1 Å². The molecule has 1 heterocycles. The first-order chi connectivity index (χ1) is 12.9. The number of rotatable bonds is 6. The van der Waals surface area contributed by atoms with Crippen LogP contribution in [0.1, 0.15) is 38.2 Å². The zero-order valence-corrected chi connectivity index (χ0v) is 17.0. The average molecular weight is 394 g/mol. The minimum atomic E-state index is -3.31. The van der Waals surface area contributed by atoms with Crippen LogP contribution in [0.2, 0.25) is 0 Å². The van der Waals surface area contributed by atoms with E-state index in [9.17, 15) is 13.2 Å².